The van der Waals surface area contributed by atoms with Gasteiger partial charge in [0.05, 0.1) is 17.1 Å². The zero-order chi connectivity index (χ0) is 24.2. The summed E-state index contributed by atoms with van der Waals surface area (Å²) in [6.07, 6.45) is 0.991. The maximum absolute atomic E-state index is 13.6. The van der Waals surface area contributed by atoms with Gasteiger partial charge in [-0.2, -0.15) is 0 Å². The molecule has 0 aromatic heterocycles. The first-order chi connectivity index (χ1) is 16.9. The van der Waals surface area contributed by atoms with Crippen molar-refractivity contribution in [1.82, 2.24) is 0 Å². The number of aryl methyl sites for hydroxylation is 3. The van der Waals surface area contributed by atoms with Crippen molar-refractivity contribution >= 4 is 38.1 Å². The van der Waals surface area contributed by atoms with Gasteiger partial charge in [0.2, 0.25) is 0 Å². The van der Waals surface area contributed by atoms with Gasteiger partial charge in [0, 0.05) is 11.1 Å². The van der Waals surface area contributed by atoms with Crippen molar-refractivity contribution in [1.29, 1.82) is 0 Å². The van der Waals surface area contributed by atoms with Crippen LogP contribution in [-0.2, 0) is 27.7 Å². The summed E-state index contributed by atoms with van der Waals surface area (Å²) in [6, 6.07) is 23.7. The molecule has 0 saturated heterocycles. The quantitative estimate of drug-likeness (QED) is 0.450. The zero-order valence-corrected chi connectivity index (χ0v) is 20.0. The molecule has 6 nitrogen and oxygen atoms in total. The van der Waals surface area contributed by atoms with Crippen LogP contribution in [0.3, 0.4) is 0 Å². The van der Waals surface area contributed by atoms with E-state index in [2.05, 4.69) is 17.4 Å². The number of benzene rings is 4. The van der Waals surface area contributed by atoms with Crippen molar-refractivity contribution in [3.8, 4) is 5.75 Å². The molecular formula is C28H24N2O4S. The maximum atomic E-state index is 13.6. The number of amides is 1. The second-order valence-corrected chi connectivity index (χ2v) is 10.9. The van der Waals surface area contributed by atoms with Crippen LogP contribution in [0.4, 0.5) is 11.4 Å². The molecule has 0 unspecified atom stereocenters. The highest BCUT2D eigenvalue weighted by atomic mass is 32.2. The fraction of sp³-hybridized carbons (Fsp3) is 0.179. The Hall–Kier alpha value is -3.84. The molecule has 176 valence electrons. The lowest BCUT2D eigenvalue weighted by molar-refractivity contribution is -0.122. The Bertz CT molecular complexity index is 1570. The summed E-state index contributed by atoms with van der Waals surface area (Å²) < 4.78 is 34.4. The molecule has 7 heteroatoms. The monoisotopic (exact) mass is 484 g/mol. The van der Waals surface area contributed by atoms with Crippen LogP contribution in [0, 0.1) is 6.92 Å². The van der Waals surface area contributed by atoms with Crippen molar-refractivity contribution in [3.05, 3.63) is 95.6 Å². The molecule has 0 saturated carbocycles. The summed E-state index contributed by atoms with van der Waals surface area (Å²) in [4.78, 5) is 13.6. The summed E-state index contributed by atoms with van der Waals surface area (Å²) in [5, 5.41) is 5.19. The summed E-state index contributed by atoms with van der Waals surface area (Å²) >= 11 is 0. The van der Waals surface area contributed by atoms with Crippen LogP contribution in [0.1, 0.15) is 16.7 Å². The first kappa shape index (κ1) is 21.7. The number of nitrogens with zero attached hydrogens (tertiary/aromatic N) is 1. The van der Waals surface area contributed by atoms with Crippen LogP contribution < -0.4 is 14.4 Å². The van der Waals surface area contributed by atoms with E-state index in [-0.39, 0.29) is 17.3 Å². The highest BCUT2D eigenvalue weighted by Crippen LogP contribution is 2.38. The maximum Gasteiger partial charge on any atom is 0.267 e. The number of hydrogen-bond acceptors (Lipinski definition) is 4. The normalized spacial score (nSPS) is 16.6. The van der Waals surface area contributed by atoms with Crippen LogP contribution in [0.25, 0.3) is 10.8 Å². The topological polar surface area (TPSA) is 75.7 Å². The number of hydrogen-bond donors (Lipinski definition) is 1. The van der Waals surface area contributed by atoms with Crippen molar-refractivity contribution in [2.24, 2.45) is 0 Å². The van der Waals surface area contributed by atoms with Gasteiger partial charge in [-0.05, 0) is 66.6 Å². The summed E-state index contributed by atoms with van der Waals surface area (Å²) in [5.41, 5.74) is 4.66. The van der Waals surface area contributed by atoms with Crippen molar-refractivity contribution in [3.63, 3.8) is 0 Å². The van der Waals surface area contributed by atoms with Gasteiger partial charge in [-0.25, -0.2) is 8.42 Å². The summed E-state index contributed by atoms with van der Waals surface area (Å²) in [6.45, 7) is 1.78. The lowest BCUT2D eigenvalue weighted by atomic mass is 10.0. The van der Waals surface area contributed by atoms with E-state index in [9.17, 15) is 13.2 Å². The van der Waals surface area contributed by atoms with Crippen molar-refractivity contribution in [2.45, 2.75) is 30.8 Å². The second kappa shape index (κ2) is 8.13. The second-order valence-electron chi connectivity index (χ2n) is 9.02. The van der Waals surface area contributed by atoms with E-state index < -0.39 is 16.1 Å². The summed E-state index contributed by atoms with van der Waals surface area (Å²) in [7, 11) is -3.90. The van der Waals surface area contributed by atoms with Gasteiger partial charge in [0.1, 0.15) is 5.75 Å². The van der Waals surface area contributed by atoms with Crippen molar-refractivity contribution in [2.75, 3.05) is 16.2 Å². The Labute approximate surface area is 204 Å². The molecule has 1 aliphatic carbocycles. The molecule has 35 heavy (non-hydrogen) atoms. The number of fused-ring (bicyclic) bond motifs is 1. The minimum Gasteiger partial charge on any atom is -0.476 e. The number of nitrogens with one attached hydrogen (secondary N) is 1. The van der Waals surface area contributed by atoms with Crippen LogP contribution in [0.5, 0.6) is 5.75 Å². The van der Waals surface area contributed by atoms with Crippen LogP contribution in [-0.4, -0.2) is 27.0 Å². The fourth-order valence-electron chi connectivity index (χ4n) is 4.97. The van der Waals surface area contributed by atoms with Crippen LogP contribution in [0.2, 0.25) is 0 Å². The molecule has 0 spiro atoms. The average molecular weight is 485 g/mol. The Morgan fingerprint density at radius 1 is 0.914 bits per heavy atom. The minimum atomic E-state index is -3.90. The molecule has 2 aliphatic rings. The molecule has 1 atom stereocenters. The van der Waals surface area contributed by atoms with Gasteiger partial charge in [0.25, 0.3) is 15.9 Å². The molecule has 1 N–H and O–H groups in total. The smallest absolute Gasteiger partial charge is 0.267 e. The SMILES string of the molecule is Cc1ccc(S(=O)(=O)N2C[C@@H](C(=O)Nc3ccc4c5c(cccc35)CC4)Oc3ccccc32)cc1. The molecule has 1 aliphatic heterocycles. The Balaban J connectivity index is 1.34. The Morgan fingerprint density at radius 3 is 2.46 bits per heavy atom. The van der Waals surface area contributed by atoms with E-state index in [4.69, 9.17) is 4.74 Å². The number of sulfonamides is 1. The van der Waals surface area contributed by atoms with Gasteiger partial charge < -0.3 is 10.1 Å². The highest BCUT2D eigenvalue weighted by Gasteiger charge is 2.37. The molecule has 4 aromatic rings. The lowest BCUT2D eigenvalue weighted by Crippen LogP contribution is -2.48. The molecular weight excluding hydrogens is 460 g/mol. The van der Waals surface area contributed by atoms with E-state index in [1.807, 2.05) is 25.1 Å². The van der Waals surface area contributed by atoms with E-state index in [1.165, 1.54) is 20.8 Å². The molecule has 0 bridgehead atoms. The average Bonchev–Trinajstić information content (AvgIpc) is 3.30. The number of carbonyl (C=O) groups excluding carboxylic acids is 1. The minimum absolute atomic E-state index is 0.125. The van der Waals surface area contributed by atoms with Gasteiger partial charge >= 0.3 is 0 Å². The van der Waals surface area contributed by atoms with E-state index in [0.717, 1.165) is 23.8 Å². The van der Waals surface area contributed by atoms with Crippen LogP contribution in [0.15, 0.2) is 83.8 Å². The first-order valence-electron chi connectivity index (χ1n) is 11.6. The number of anilines is 2. The van der Waals surface area contributed by atoms with Gasteiger partial charge in [-0.3, -0.25) is 9.10 Å². The largest absolute Gasteiger partial charge is 0.476 e. The zero-order valence-electron chi connectivity index (χ0n) is 19.2. The van der Waals surface area contributed by atoms with E-state index >= 15 is 0 Å². The molecule has 1 heterocycles. The molecule has 6 rings (SSSR count). The van der Waals surface area contributed by atoms with E-state index in [0.29, 0.717) is 17.1 Å². The summed E-state index contributed by atoms with van der Waals surface area (Å²) in [5.74, 6) is -0.0303. The number of carbonyl (C=O) groups is 1. The standard InChI is InChI=1S/C28H24N2O4S/c1-18-9-14-21(15-10-18)35(32,33)30-17-26(34-25-8-3-2-7-24(25)30)28(31)29-23-16-13-20-12-11-19-5-4-6-22(23)27(19)20/h2-10,13-16,26H,11-12,17H2,1H3,(H,29,31)/t26-/m0/s1. The Morgan fingerprint density at radius 2 is 1.66 bits per heavy atom. The van der Waals surface area contributed by atoms with Gasteiger partial charge in [-0.15, -0.1) is 0 Å². The van der Waals surface area contributed by atoms with Crippen LogP contribution >= 0.6 is 0 Å². The third kappa shape index (κ3) is 3.63. The number of para-hydroxylation sites is 2. The third-order valence-electron chi connectivity index (χ3n) is 6.77. The van der Waals surface area contributed by atoms with Crippen molar-refractivity contribution < 1.29 is 17.9 Å². The molecule has 4 aromatic carbocycles. The predicted molar refractivity (Wildman–Crippen MR) is 137 cm³/mol. The predicted octanol–water partition coefficient (Wildman–Crippen LogP) is 4.84. The van der Waals surface area contributed by atoms with Gasteiger partial charge in [-0.1, -0.05) is 54.1 Å². The number of ether oxygens (including phenoxy) is 1. The molecule has 1 amide bonds. The third-order valence-corrected chi connectivity index (χ3v) is 8.56. The number of rotatable bonds is 4. The Kier molecular flexibility index (Phi) is 5.04. The molecule has 0 radical (unpaired) electrons. The highest BCUT2D eigenvalue weighted by molar-refractivity contribution is 7.92. The molecule has 0 fully saturated rings. The van der Waals surface area contributed by atoms with E-state index in [1.54, 1.807) is 48.5 Å². The fourth-order valence-corrected chi connectivity index (χ4v) is 6.45. The van der Waals surface area contributed by atoms with Gasteiger partial charge in [0.15, 0.2) is 6.10 Å². The lowest BCUT2D eigenvalue weighted by Gasteiger charge is -2.34. The first-order valence-corrected chi connectivity index (χ1v) is 13.1.